The minimum Gasteiger partial charge on any atom is -0.486 e. The van der Waals surface area contributed by atoms with Crippen molar-refractivity contribution in [2.75, 3.05) is 18.5 Å². The van der Waals surface area contributed by atoms with Crippen LogP contribution in [0.4, 0.5) is 11.4 Å². The minimum absolute atomic E-state index is 0.181. The fraction of sp³-hybridized carbons (Fsp3) is 0.300. The topological polar surface area (TPSA) is 117 Å². The molecule has 0 saturated carbocycles. The Kier molecular flexibility index (Phi) is 5.67. The van der Waals surface area contributed by atoms with Gasteiger partial charge in [-0.2, -0.15) is 0 Å². The number of hydrogen-bond donors (Lipinski definition) is 1. The monoisotopic (exact) mass is 400 g/mol. The van der Waals surface area contributed by atoms with E-state index < -0.39 is 28.6 Å². The molecule has 1 aliphatic rings. The van der Waals surface area contributed by atoms with Gasteiger partial charge >= 0.3 is 5.97 Å². The second-order valence-electron chi connectivity index (χ2n) is 6.63. The lowest BCUT2D eigenvalue weighted by molar-refractivity contribution is -0.385. The minimum atomic E-state index is -1.17. The van der Waals surface area contributed by atoms with Crippen LogP contribution < -0.4 is 14.8 Å². The van der Waals surface area contributed by atoms with E-state index in [0.717, 1.165) is 17.2 Å². The van der Waals surface area contributed by atoms with Crippen LogP contribution in [-0.4, -0.2) is 36.1 Å². The van der Waals surface area contributed by atoms with Gasteiger partial charge in [0, 0.05) is 11.8 Å². The summed E-state index contributed by atoms with van der Waals surface area (Å²) in [5.41, 5.74) is 1.61. The van der Waals surface area contributed by atoms with Crippen LogP contribution in [0, 0.1) is 24.0 Å². The van der Waals surface area contributed by atoms with E-state index in [9.17, 15) is 19.7 Å². The molecule has 0 unspecified atom stereocenters. The van der Waals surface area contributed by atoms with Crippen LogP contribution in [0.25, 0.3) is 0 Å². The zero-order valence-electron chi connectivity index (χ0n) is 16.2. The zero-order chi connectivity index (χ0) is 21.1. The smallest absolute Gasteiger partial charge is 0.346 e. The number of esters is 1. The van der Waals surface area contributed by atoms with Crippen LogP contribution in [-0.2, 0) is 9.53 Å². The third-order valence-corrected chi connectivity index (χ3v) is 4.38. The lowest BCUT2D eigenvalue weighted by Crippen LogP contribution is -2.30. The molecule has 0 fully saturated rings. The van der Waals surface area contributed by atoms with Crippen molar-refractivity contribution < 1.29 is 28.7 Å². The van der Waals surface area contributed by atoms with Crippen molar-refractivity contribution in [3.8, 4) is 11.5 Å². The summed E-state index contributed by atoms with van der Waals surface area (Å²) < 4.78 is 15.9. The number of anilines is 1. The normalized spacial score (nSPS) is 13.3. The molecule has 0 aromatic heterocycles. The van der Waals surface area contributed by atoms with Gasteiger partial charge in [0.15, 0.2) is 17.6 Å². The molecule has 152 valence electrons. The van der Waals surface area contributed by atoms with E-state index in [4.69, 9.17) is 14.2 Å². The van der Waals surface area contributed by atoms with E-state index in [1.54, 1.807) is 6.07 Å². The summed E-state index contributed by atoms with van der Waals surface area (Å²) in [4.78, 5) is 35.6. The molecule has 0 bridgehead atoms. The molecule has 2 aromatic rings. The number of aryl methyl sites for hydroxylation is 2. The molecule has 9 nitrogen and oxygen atoms in total. The van der Waals surface area contributed by atoms with Crippen molar-refractivity contribution in [2.45, 2.75) is 26.9 Å². The number of amides is 1. The molecule has 2 aromatic carbocycles. The van der Waals surface area contributed by atoms with Crippen LogP contribution in [0.2, 0.25) is 0 Å². The molecular weight excluding hydrogens is 380 g/mol. The van der Waals surface area contributed by atoms with Crippen LogP contribution >= 0.6 is 0 Å². The van der Waals surface area contributed by atoms with E-state index in [1.165, 1.54) is 13.0 Å². The van der Waals surface area contributed by atoms with Crippen molar-refractivity contribution in [1.82, 2.24) is 0 Å². The van der Waals surface area contributed by atoms with Gasteiger partial charge in [0.1, 0.15) is 18.8 Å². The number of nitrogens with zero attached hydrogens (tertiary/aromatic N) is 1. The van der Waals surface area contributed by atoms with Crippen molar-refractivity contribution in [3.05, 3.63) is 57.1 Å². The Hall–Kier alpha value is -3.62. The predicted octanol–water partition coefficient (Wildman–Crippen LogP) is 3.17. The Morgan fingerprint density at radius 3 is 2.45 bits per heavy atom. The molecule has 0 spiro atoms. The number of nitro groups is 1. The molecule has 1 N–H and O–H groups in total. The average Bonchev–Trinajstić information content (AvgIpc) is 2.69. The molecule has 0 aliphatic carbocycles. The molecular formula is C20H20N2O7. The van der Waals surface area contributed by atoms with E-state index in [1.807, 2.05) is 26.0 Å². The lowest BCUT2D eigenvalue weighted by Gasteiger charge is -2.19. The van der Waals surface area contributed by atoms with Gasteiger partial charge in [-0.1, -0.05) is 12.1 Å². The quantitative estimate of drug-likeness (QED) is 0.465. The molecule has 0 saturated heterocycles. The second-order valence-corrected chi connectivity index (χ2v) is 6.63. The first-order chi connectivity index (χ1) is 13.8. The van der Waals surface area contributed by atoms with Gasteiger partial charge in [0.25, 0.3) is 11.6 Å². The maximum atomic E-state index is 12.5. The van der Waals surface area contributed by atoms with Crippen LogP contribution in [0.5, 0.6) is 11.5 Å². The highest BCUT2D eigenvalue weighted by molar-refractivity contribution is 5.99. The summed E-state index contributed by atoms with van der Waals surface area (Å²) in [6, 6.07) is 7.89. The standard InChI is InChI=1S/C20H20N2O7/c1-11-4-5-12(2)15(8-11)21-19(23)13(3)29-20(24)14-9-17-18(28-7-6-27-17)10-16(14)22(25)26/h4-5,8-10,13H,6-7H2,1-3H3,(H,21,23)/t13-/m1/s1. The van der Waals surface area contributed by atoms with Crippen molar-refractivity contribution in [2.24, 2.45) is 0 Å². The number of ether oxygens (including phenoxy) is 3. The summed E-state index contributed by atoms with van der Waals surface area (Å²) in [5, 5.41) is 14.1. The fourth-order valence-corrected chi connectivity index (χ4v) is 2.78. The highest BCUT2D eigenvalue weighted by Gasteiger charge is 2.29. The molecule has 1 atom stereocenters. The Balaban J connectivity index is 1.77. The van der Waals surface area contributed by atoms with Crippen molar-refractivity contribution in [1.29, 1.82) is 0 Å². The third-order valence-electron chi connectivity index (χ3n) is 4.38. The van der Waals surface area contributed by atoms with E-state index in [2.05, 4.69) is 5.32 Å². The van der Waals surface area contributed by atoms with Gasteiger partial charge in [-0.15, -0.1) is 0 Å². The van der Waals surface area contributed by atoms with Gasteiger partial charge in [-0.3, -0.25) is 14.9 Å². The van der Waals surface area contributed by atoms with E-state index in [-0.39, 0.29) is 30.3 Å². The fourth-order valence-electron chi connectivity index (χ4n) is 2.78. The summed E-state index contributed by atoms with van der Waals surface area (Å²) in [6.07, 6.45) is -1.17. The lowest BCUT2D eigenvalue weighted by atomic mass is 10.1. The van der Waals surface area contributed by atoms with Gasteiger partial charge < -0.3 is 19.5 Å². The maximum Gasteiger partial charge on any atom is 0.346 e. The Morgan fingerprint density at radius 2 is 1.79 bits per heavy atom. The Bertz CT molecular complexity index is 987. The molecule has 1 heterocycles. The van der Waals surface area contributed by atoms with E-state index in [0.29, 0.717) is 5.69 Å². The van der Waals surface area contributed by atoms with Crippen molar-refractivity contribution >= 4 is 23.3 Å². The second kappa shape index (κ2) is 8.17. The number of carbonyl (C=O) groups is 2. The number of nitrogens with one attached hydrogen (secondary N) is 1. The summed E-state index contributed by atoms with van der Waals surface area (Å²) in [6.45, 7) is 5.63. The number of hydrogen-bond acceptors (Lipinski definition) is 7. The number of rotatable bonds is 5. The van der Waals surface area contributed by atoms with Crippen LogP contribution in [0.15, 0.2) is 30.3 Å². The maximum absolute atomic E-state index is 12.5. The number of benzene rings is 2. The third kappa shape index (κ3) is 4.45. The Morgan fingerprint density at radius 1 is 1.14 bits per heavy atom. The van der Waals surface area contributed by atoms with Gasteiger partial charge in [0.2, 0.25) is 0 Å². The first-order valence-corrected chi connectivity index (χ1v) is 8.93. The molecule has 29 heavy (non-hydrogen) atoms. The van der Waals surface area contributed by atoms with Crippen LogP contribution in [0.3, 0.4) is 0 Å². The van der Waals surface area contributed by atoms with Crippen molar-refractivity contribution in [3.63, 3.8) is 0 Å². The van der Waals surface area contributed by atoms with Gasteiger partial charge in [0.05, 0.1) is 11.0 Å². The largest absolute Gasteiger partial charge is 0.486 e. The summed E-state index contributed by atoms with van der Waals surface area (Å²) in [5.74, 6) is -1.16. The SMILES string of the molecule is Cc1ccc(C)c(NC(=O)[C@@H](C)OC(=O)c2cc3c(cc2[N+](=O)[O-])OCCO3)c1. The van der Waals surface area contributed by atoms with E-state index >= 15 is 0 Å². The Labute approximate surface area is 166 Å². The predicted molar refractivity (Wildman–Crippen MR) is 104 cm³/mol. The van der Waals surface area contributed by atoms with Crippen LogP contribution in [0.1, 0.15) is 28.4 Å². The first-order valence-electron chi connectivity index (χ1n) is 8.93. The number of fused-ring (bicyclic) bond motifs is 1. The molecule has 0 radical (unpaired) electrons. The highest BCUT2D eigenvalue weighted by atomic mass is 16.6. The number of nitro benzene ring substituents is 1. The van der Waals surface area contributed by atoms with Gasteiger partial charge in [-0.05, 0) is 38.0 Å². The van der Waals surface area contributed by atoms with Gasteiger partial charge in [-0.25, -0.2) is 4.79 Å². The molecule has 1 amide bonds. The molecule has 9 heteroatoms. The zero-order valence-corrected chi connectivity index (χ0v) is 16.2. The molecule has 1 aliphatic heterocycles. The number of carbonyl (C=O) groups excluding carboxylic acids is 2. The highest BCUT2D eigenvalue weighted by Crippen LogP contribution is 2.37. The summed E-state index contributed by atoms with van der Waals surface area (Å²) in [7, 11) is 0. The summed E-state index contributed by atoms with van der Waals surface area (Å²) >= 11 is 0. The molecule has 3 rings (SSSR count). The average molecular weight is 400 g/mol. The first kappa shape index (κ1) is 20.1.